The summed E-state index contributed by atoms with van der Waals surface area (Å²) in [6.07, 6.45) is 3.50. The second kappa shape index (κ2) is 4.64. The van der Waals surface area contributed by atoms with E-state index in [1.807, 2.05) is 0 Å². The molecule has 2 aliphatic heterocycles. The average Bonchev–Trinajstić information content (AvgIpc) is 2.58. The van der Waals surface area contributed by atoms with Crippen LogP contribution in [0.4, 0.5) is 4.79 Å². The molecule has 0 spiro atoms. The number of hydrogen-bond donors (Lipinski definition) is 0. The summed E-state index contributed by atoms with van der Waals surface area (Å²) in [7, 11) is 0. The fourth-order valence-corrected chi connectivity index (χ4v) is 2.95. The Bertz CT molecular complexity index is 259. The molecule has 3 heteroatoms. The van der Waals surface area contributed by atoms with Gasteiger partial charge < -0.3 is 9.80 Å². The van der Waals surface area contributed by atoms with Gasteiger partial charge >= 0.3 is 6.03 Å². The van der Waals surface area contributed by atoms with Crippen LogP contribution in [-0.4, -0.2) is 41.5 Å². The molecule has 0 aromatic heterocycles. The van der Waals surface area contributed by atoms with E-state index < -0.39 is 0 Å². The zero-order valence-electron chi connectivity index (χ0n) is 10.8. The van der Waals surface area contributed by atoms with Gasteiger partial charge in [-0.1, -0.05) is 13.8 Å². The first-order valence-electron chi connectivity index (χ1n) is 6.63. The predicted octanol–water partition coefficient (Wildman–Crippen LogP) is 2.57. The Kier molecular flexibility index (Phi) is 3.41. The van der Waals surface area contributed by atoms with Crippen LogP contribution in [0.2, 0.25) is 0 Å². The van der Waals surface area contributed by atoms with E-state index in [9.17, 15) is 4.79 Å². The predicted molar refractivity (Wildman–Crippen MR) is 65.3 cm³/mol. The van der Waals surface area contributed by atoms with E-state index in [2.05, 4.69) is 30.6 Å². The minimum atomic E-state index is 0.281. The zero-order chi connectivity index (χ0) is 11.7. The molecule has 0 aromatic rings. The van der Waals surface area contributed by atoms with Crippen molar-refractivity contribution in [1.82, 2.24) is 9.80 Å². The lowest BCUT2D eigenvalue weighted by atomic mass is 9.99. The van der Waals surface area contributed by atoms with Crippen molar-refractivity contribution in [1.29, 1.82) is 0 Å². The van der Waals surface area contributed by atoms with E-state index in [0.717, 1.165) is 32.0 Å². The van der Waals surface area contributed by atoms with Crippen molar-refractivity contribution in [3.63, 3.8) is 0 Å². The van der Waals surface area contributed by atoms with Crippen molar-refractivity contribution in [2.45, 2.75) is 46.1 Å². The molecule has 2 saturated heterocycles. The molecule has 0 aromatic carbocycles. The van der Waals surface area contributed by atoms with E-state index in [1.54, 1.807) is 0 Å². The van der Waals surface area contributed by atoms with Crippen molar-refractivity contribution >= 4 is 6.03 Å². The molecule has 2 aliphatic rings. The second-order valence-corrected chi connectivity index (χ2v) is 5.79. The smallest absolute Gasteiger partial charge is 0.320 e. The second-order valence-electron chi connectivity index (χ2n) is 5.79. The summed E-state index contributed by atoms with van der Waals surface area (Å²) in [6.45, 7) is 9.56. The Labute approximate surface area is 98.8 Å². The molecule has 0 aliphatic carbocycles. The molecule has 0 saturated carbocycles. The van der Waals surface area contributed by atoms with Gasteiger partial charge in [-0.05, 0) is 38.0 Å². The van der Waals surface area contributed by atoms with Gasteiger partial charge in [-0.2, -0.15) is 0 Å². The van der Waals surface area contributed by atoms with Crippen LogP contribution >= 0.6 is 0 Å². The third-order valence-corrected chi connectivity index (χ3v) is 4.08. The number of amides is 2. The topological polar surface area (TPSA) is 23.6 Å². The third kappa shape index (κ3) is 2.33. The van der Waals surface area contributed by atoms with Crippen LogP contribution in [0.5, 0.6) is 0 Å². The largest absolute Gasteiger partial charge is 0.325 e. The molecule has 2 heterocycles. The molecule has 0 radical (unpaired) electrons. The van der Waals surface area contributed by atoms with Crippen LogP contribution in [-0.2, 0) is 0 Å². The maximum Gasteiger partial charge on any atom is 0.320 e. The molecule has 0 bridgehead atoms. The number of hydrogen-bond acceptors (Lipinski definition) is 1. The van der Waals surface area contributed by atoms with Gasteiger partial charge in [-0.3, -0.25) is 0 Å². The number of likely N-dealkylation sites (tertiary alicyclic amines) is 2. The van der Waals surface area contributed by atoms with Gasteiger partial charge in [0.05, 0.1) is 0 Å². The highest BCUT2D eigenvalue weighted by Crippen LogP contribution is 2.25. The monoisotopic (exact) mass is 224 g/mol. The van der Waals surface area contributed by atoms with Gasteiger partial charge in [0.2, 0.25) is 0 Å². The van der Waals surface area contributed by atoms with Crippen molar-refractivity contribution < 1.29 is 4.79 Å². The summed E-state index contributed by atoms with van der Waals surface area (Å²) < 4.78 is 0. The van der Waals surface area contributed by atoms with Gasteiger partial charge in [0.1, 0.15) is 0 Å². The lowest BCUT2D eigenvalue weighted by Gasteiger charge is -2.35. The Morgan fingerprint density at radius 2 is 1.69 bits per heavy atom. The molecule has 2 atom stereocenters. The van der Waals surface area contributed by atoms with Crippen molar-refractivity contribution in [2.24, 2.45) is 11.8 Å². The fraction of sp³-hybridized carbons (Fsp3) is 0.923. The standard InChI is InChI=1S/C13H24N2O/c1-10-4-6-14(7-5-10)13(16)15-9-11(2)8-12(15)3/h10-12H,4-9H2,1-3H3. The minimum absolute atomic E-state index is 0.281. The Hall–Kier alpha value is -0.730. The molecule has 92 valence electrons. The maximum absolute atomic E-state index is 12.3. The molecule has 16 heavy (non-hydrogen) atoms. The van der Waals surface area contributed by atoms with E-state index in [1.165, 1.54) is 12.8 Å². The highest BCUT2D eigenvalue weighted by atomic mass is 16.2. The molecule has 2 unspecified atom stereocenters. The summed E-state index contributed by atoms with van der Waals surface area (Å²) in [5.74, 6) is 1.46. The molecular formula is C13H24N2O. The van der Waals surface area contributed by atoms with Crippen LogP contribution in [0.3, 0.4) is 0 Å². The Balaban J connectivity index is 1.92. The lowest BCUT2D eigenvalue weighted by molar-refractivity contribution is 0.132. The summed E-state index contributed by atoms with van der Waals surface area (Å²) >= 11 is 0. The summed E-state index contributed by atoms with van der Waals surface area (Å²) in [6, 6.07) is 0.714. The van der Waals surface area contributed by atoms with Gasteiger partial charge in [0.25, 0.3) is 0 Å². The van der Waals surface area contributed by atoms with Crippen LogP contribution in [0.1, 0.15) is 40.0 Å². The number of rotatable bonds is 0. The van der Waals surface area contributed by atoms with E-state index >= 15 is 0 Å². The normalized spacial score (nSPS) is 32.2. The van der Waals surface area contributed by atoms with Crippen LogP contribution in [0.25, 0.3) is 0 Å². The molecule has 3 nitrogen and oxygen atoms in total. The number of urea groups is 1. The minimum Gasteiger partial charge on any atom is -0.325 e. The summed E-state index contributed by atoms with van der Waals surface area (Å²) in [5, 5.41) is 0. The number of carbonyl (C=O) groups excluding carboxylic acids is 1. The SMILES string of the molecule is CC1CCN(C(=O)N2CC(C)CC2C)CC1. The number of carbonyl (C=O) groups is 1. The lowest BCUT2D eigenvalue weighted by Crippen LogP contribution is -2.47. The molecule has 2 rings (SSSR count). The van der Waals surface area contributed by atoms with Gasteiger partial charge in [-0.15, -0.1) is 0 Å². The van der Waals surface area contributed by atoms with Crippen molar-refractivity contribution in [3.8, 4) is 0 Å². The van der Waals surface area contributed by atoms with Gasteiger partial charge in [0.15, 0.2) is 0 Å². The van der Waals surface area contributed by atoms with Crippen LogP contribution in [0, 0.1) is 11.8 Å². The average molecular weight is 224 g/mol. The van der Waals surface area contributed by atoms with Gasteiger partial charge in [-0.25, -0.2) is 4.79 Å². The highest BCUT2D eigenvalue weighted by molar-refractivity contribution is 5.75. The number of nitrogens with zero attached hydrogens (tertiary/aromatic N) is 2. The zero-order valence-corrected chi connectivity index (χ0v) is 10.8. The molecule has 0 N–H and O–H groups in total. The maximum atomic E-state index is 12.3. The number of piperidine rings is 1. The first kappa shape index (κ1) is 11.7. The van der Waals surface area contributed by atoms with Crippen LogP contribution < -0.4 is 0 Å². The van der Waals surface area contributed by atoms with E-state index in [-0.39, 0.29) is 6.03 Å². The van der Waals surface area contributed by atoms with Crippen LogP contribution in [0.15, 0.2) is 0 Å². The molecule has 2 fully saturated rings. The van der Waals surface area contributed by atoms with Crippen molar-refractivity contribution in [3.05, 3.63) is 0 Å². The molecule has 2 amide bonds. The summed E-state index contributed by atoms with van der Waals surface area (Å²) in [5.41, 5.74) is 0. The first-order chi connectivity index (χ1) is 7.58. The Morgan fingerprint density at radius 3 is 2.19 bits per heavy atom. The van der Waals surface area contributed by atoms with Crippen molar-refractivity contribution in [2.75, 3.05) is 19.6 Å². The fourth-order valence-electron chi connectivity index (χ4n) is 2.95. The molecular weight excluding hydrogens is 200 g/mol. The Morgan fingerprint density at radius 1 is 1.06 bits per heavy atom. The highest BCUT2D eigenvalue weighted by Gasteiger charge is 2.33. The third-order valence-electron chi connectivity index (χ3n) is 4.08. The van der Waals surface area contributed by atoms with Gasteiger partial charge in [0, 0.05) is 25.7 Å². The first-order valence-corrected chi connectivity index (χ1v) is 6.63. The summed E-state index contributed by atoms with van der Waals surface area (Å²) in [4.78, 5) is 16.4. The quantitative estimate of drug-likeness (QED) is 0.620. The van der Waals surface area contributed by atoms with E-state index in [0.29, 0.717) is 12.0 Å². The van der Waals surface area contributed by atoms with E-state index in [4.69, 9.17) is 0 Å².